The van der Waals surface area contributed by atoms with Crippen molar-refractivity contribution >= 4 is 44.6 Å². The Hall–Kier alpha value is -4.61. The molecular formula is C31H28N2O7S2. The third kappa shape index (κ3) is 5.12. The number of sulfone groups is 1. The number of nitrogens with two attached hydrogens (primary N) is 1. The monoisotopic (exact) mass is 604 g/mol. The molecule has 0 amide bonds. The zero-order chi connectivity index (χ0) is 30.0. The molecule has 42 heavy (non-hydrogen) atoms. The van der Waals surface area contributed by atoms with E-state index in [0.717, 1.165) is 15.9 Å². The molecule has 0 saturated carbocycles. The van der Waals surface area contributed by atoms with E-state index in [-0.39, 0.29) is 37.0 Å². The van der Waals surface area contributed by atoms with Crippen LogP contribution in [0.1, 0.15) is 24.0 Å². The van der Waals surface area contributed by atoms with Crippen LogP contribution < -0.4 is 30.0 Å². The highest BCUT2D eigenvalue weighted by Gasteiger charge is 2.42. The van der Waals surface area contributed by atoms with Gasteiger partial charge >= 0.3 is 5.97 Å². The van der Waals surface area contributed by atoms with Crippen LogP contribution in [-0.4, -0.2) is 39.8 Å². The number of benzene rings is 3. The second kappa shape index (κ2) is 11.7. The number of hydrogen-bond acceptors (Lipinski definition) is 9. The van der Waals surface area contributed by atoms with Gasteiger partial charge in [-0.3, -0.25) is 9.36 Å². The Labute approximate surface area is 246 Å². The number of carbonyl (C=O) groups is 1. The number of esters is 1. The largest absolute Gasteiger partial charge is 0.497 e. The van der Waals surface area contributed by atoms with Crippen molar-refractivity contribution in [3.8, 4) is 11.5 Å². The summed E-state index contributed by atoms with van der Waals surface area (Å²) >= 11 is 1.04. The Kier molecular flexibility index (Phi) is 8.06. The van der Waals surface area contributed by atoms with E-state index in [1.54, 1.807) is 86.8 Å². The summed E-state index contributed by atoms with van der Waals surface area (Å²) in [4.78, 5) is 27.2. The van der Waals surface area contributed by atoms with Crippen LogP contribution in [0.25, 0.3) is 17.5 Å². The van der Waals surface area contributed by atoms with Crippen molar-refractivity contribution in [2.75, 3.05) is 20.8 Å². The van der Waals surface area contributed by atoms with Crippen molar-refractivity contribution in [3.63, 3.8) is 0 Å². The molecule has 0 bridgehead atoms. The van der Waals surface area contributed by atoms with Gasteiger partial charge in [-0.15, -0.1) is 11.3 Å². The number of carbonyl (C=O) groups excluding carboxylic acids is 1. The Balaban J connectivity index is 1.89. The van der Waals surface area contributed by atoms with Crippen molar-refractivity contribution in [1.82, 2.24) is 4.57 Å². The molecule has 3 aromatic carbocycles. The van der Waals surface area contributed by atoms with Crippen molar-refractivity contribution in [1.29, 1.82) is 0 Å². The lowest BCUT2D eigenvalue weighted by molar-refractivity contribution is -0.136. The molecule has 216 valence electrons. The van der Waals surface area contributed by atoms with Gasteiger partial charge in [-0.05, 0) is 60.5 Å². The van der Waals surface area contributed by atoms with E-state index in [1.807, 2.05) is 0 Å². The summed E-state index contributed by atoms with van der Waals surface area (Å²) in [5, 5.41) is 0. The molecule has 1 atom stereocenters. The van der Waals surface area contributed by atoms with Gasteiger partial charge in [-0.1, -0.05) is 42.5 Å². The third-order valence-electron chi connectivity index (χ3n) is 6.80. The fourth-order valence-corrected chi connectivity index (χ4v) is 7.66. The summed E-state index contributed by atoms with van der Waals surface area (Å²) in [5.74, 6) is -0.999. The van der Waals surface area contributed by atoms with Gasteiger partial charge in [0.2, 0.25) is 9.84 Å². The molecule has 9 nitrogen and oxygen atoms in total. The van der Waals surface area contributed by atoms with Crippen LogP contribution in [0.4, 0.5) is 0 Å². The molecule has 1 aliphatic heterocycles. The van der Waals surface area contributed by atoms with Crippen molar-refractivity contribution in [3.05, 3.63) is 114 Å². The van der Waals surface area contributed by atoms with Crippen LogP contribution in [0, 0.1) is 0 Å². The number of hydrogen-bond donors (Lipinski definition) is 1. The lowest BCUT2D eigenvalue weighted by Crippen LogP contribution is -2.41. The molecule has 0 spiro atoms. The first-order chi connectivity index (χ1) is 20.2. The highest BCUT2D eigenvalue weighted by atomic mass is 32.2. The maximum Gasteiger partial charge on any atom is 0.338 e. The number of nitrogens with zero attached hydrogens (tertiary/aromatic N) is 1. The van der Waals surface area contributed by atoms with E-state index >= 15 is 0 Å². The van der Waals surface area contributed by atoms with Gasteiger partial charge in [0.05, 0.1) is 41.7 Å². The SMILES string of the molecule is CCOC(=O)C1=c2s/c(=C\c3ccc(OC)cc3)c(=O)n2C(N)=C(S(=O)(=O)c2ccccc2)C1c1ccc(OC)cc1. The first-order valence-corrected chi connectivity index (χ1v) is 15.2. The predicted octanol–water partition coefficient (Wildman–Crippen LogP) is 2.83. The Morgan fingerprint density at radius 2 is 1.55 bits per heavy atom. The second-order valence-corrected chi connectivity index (χ2v) is 12.2. The summed E-state index contributed by atoms with van der Waals surface area (Å²) in [7, 11) is -1.24. The molecule has 2 heterocycles. The average molecular weight is 605 g/mol. The molecule has 2 N–H and O–H groups in total. The molecule has 0 radical (unpaired) electrons. The summed E-state index contributed by atoms with van der Waals surface area (Å²) < 4.78 is 46.0. The normalized spacial score (nSPS) is 15.4. The van der Waals surface area contributed by atoms with Crippen LogP contribution in [0.3, 0.4) is 0 Å². The molecule has 4 aromatic rings. The minimum Gasteiger partial charge on any atom is -0.497 e. The first-order valence-electron chi connectivity index (χ1n) is 12.9. The lowest BCUT2D eigenvalue weighted by atomic mass is 9.89. The van der Waals surface area contributed by atoms with Gasteiger partial charge in [0, 0.05) is 0 Å². The maximum absolute atomic E-state index is 14.3. The highest BCUT2D eigenvalue weighted by Crippen LogP contribution is 2.42. The van der Waals surface area contributed by atoms with Gasteiger partial charge in [-0.25, -0.2) is 13.2 Å². The van der Waals surface area contributed by atoms with Crippen molar-refractivity contribution in [2.24, 2.45) is 5.73 Å². The minimum atomic E-state index is -4.31. The molecule has 1 aromatic heterocycles. The maximum atomic E-state index is 14.3. The van der Waals surface area contributed by atoms with Gasteiger partial charge < -0.3 is 19.9 Å². The molecular weight excluding hydrogens is 576 g/mol. The van der Waals surface area contributed by atoms with E-state index in [9.17, 15) is 18.0 Å². The van der Waals surface area contributed by atoms with Crippen molar-refractivity contribution in [2.45, 2.75) is 17.7 Å². The zero-order valence-electron chi connectivity index (χ0n) is 23.1. The minimum absolute atomic E-state index is 0.00204. The van der Waals surface area contributed by atoms with Crippen LogP contribution in [0.2, 0.25) is 0 Å². The average Bonchev–Trinajstić information content (AvgIpc) is 3.33. The van der Waals surface area contributed by atoms with E-state index in [2.05, 4.69) is 0 Å². The van der Waals surface area contributed by atoms with Gasteiger partial charge in [0.1, 0.15) is 26.9 Å². The van der Waals surface area contributed by atoms with Crippen LogP contribution in [-0.2, 0) is 19.4 Å². The topological polar surface area (TPSA) is 127 Å². The molecule has 0 saturated heterocycles. The number of methoxy groups -OCH3 is 2. The Morgan fingerprint density at radius 3 is 2.12 bits per heavy atom. The predicted molar refractivity (Wildman–Crippen MR) is 161 cm³/mol. The van der Waals surface area contributed by atoms with E-state index in [0.29, 0.717) is 22.6 Å². The summed E-state index contributed by atoms with van der Waals surface area (Å²) in [6.07, 6.45) is 1.65. The molecule has 1 aliphatic rings. The quantitative estimate of drug-likeness (QED) is 0.304. The number of rotatable bonds is 8. The number of allylic oxidation sites excluding steroid dienone is 1. The van der Waals surface area contributed by atoms with E-state index in [1.165, 1.54) is 19.2 Å². The number of aromatic nitrogens is 1. The molecule has 0 aliphatic carbocycles. The molecule has 1 unspecified atom stereocenters. The smallest absolute Gasteiger partial charge is 0.338 e. The standard InChI is InChI=1S/C31H28N2O7S2/c1-4-40-31(35)26-25(20-12-16-22(39-3)17-13-20)27(42(36,37)23-8-6-5-7-9-23)28(32)33-29(34)24(41-30(26)33)18-19-10-14-21(38-2)15-11-19/h5-18,25H,4,32H2,1-3H3/b24-18-. The number of ether oxygens (including phenoxy) is 3. The highest BCUT2D eigenvalue weighted by molar-refractivity contribution is 7.95. The number of fused-ring (bicyclic) bond motifs is 1. The van der Waals surface area contributed by atoms with Gasteiger partial charge in [0.25, 0.3) is 5.56 Å². The van der Waals surface area contributed by atoms with Crippen LogP contribution >= 0.6 is 11.3 Å². The summed E-state index contributed by atoms with van der Waals surface area (Å²) in [6.45, 7) is 1.69. The van der Waals surface area contributed by atoms with Gasteiger partial charge in [0.15, 0.2) is 0 Å². The van der Waals surface area contributed by atoms with E-state index in [4.69, 9.17) is 19.9 Å². The molecule has 5 rings (SSSR count). The van der Waals surface area contributed by atoms with Crippen LogP contribution in [0.15, 0.2) is 93.5 Å². The van der Waals surface area contributed by atoms with Crippen LogP contribution in [0.5, 0.6) is 11.5 Å². The fraction of sp³-hybridized carbons (Fsp3) is 0.161. The molecule has 11 heteroatoms. The zero-order valence-corrected chi connectivity index (χ0v) is 24.7. The second-order valence-electron chi connectivity index (χ2n) is 9.24. The third-order valence-corrected chi connectivity index (χ3v) is 9.82. The first kappa shape index (κ1) is 28.9. The Bertz CT molecular complexity index is 1960. The van der Waals surface area contributed by atoms with Crippen molar-refractivity contribution < 1.29 is 27.4 Å². The number of thiazole rings is 1. The summed E-state index contributed by atoms with van der Waals surface area (Å²) in [5.41, 5.74) is 7.24. The Morgan fingerprint density at radius 1 is 0.952 bits per heavy atom. The molecule has 0 fully saturated rings. The summed E-state index contributed by atoms with van der Waals surface area (Å²) in [6, 6.07) is 21.5. The van der Waals surface area contributed by atoms with E-state index < -0.39 is 27.3 Å². The fourth-order valence-electron chi connectivity index (χ4n) is 4.79. The lowest BCUT2D eigenvalue weighted by Gasteiger charge is -2.28. The van der Waals surface area contributed by atoms with Gasteiger partial charge in [-0.2, -0.15) is 0 Å².